The quantitative estimate of drug-likeness (QED) is 0.684. The van der Waals surface area contributed by atoms with E-state index in [1.807, 2.05) is 0 Å². The van der Waals surface area contributed by atoms with Crippen LogP contribution in [0.1, 0.15) is 73.6 Å². The normalized spacial score (nSPS) is 27.3. The van der Waals surface area contributed by atoms with E-state index in [1.54, 1.807) is 0 Å². The van der Waals surface area contributed by atoms with Gasteiger partial charge in [0.25, 0.3) is 0 Å². The lowest BCUT2D eigenvalue weighted by molar-refractivity contribution is -0.131. The minimum absolute atomic E-state index is 0.180. The largest absolute Gasteiger partial charge is 0.299 e. The Balaban J connectivity index is 2.83. The van der Waals surface area contributed by atoms with Crippen molar-refractivity contribution >= 4 is 5.78 Å². The molecule has 1 heteroatoms. The molecule has 2 atom stereocenters. The third-order valence-corrected chi connectivity index (χ3v) is 5.52. The number of rotatable bonds is 4. The van der Waals surface area contributed by atoms with Gasteiger partial charge in [0.15, 0.2) is 0 Å². The molecule has 0 radical (unpaired) electrons. The molecule has 1 nitrogen and oxygen atoms in total. The summed E-state index contributed by atoms with van der Waals surface area (Å²) < 4.78 is 0. The van der Waals surface area contributed by atoms with Crippen LogP contribution in [-0.4, -0.2) is 5.78 Å². The molecule has 0 aliphatic heterocycles. The highest BCUT2D eigenvalue weighted by atomic mass is 16.1. The molecule has 0 spiro atoms. The molecule has 0 aromatic heterocycles. The molecular weight excluding hydrogens is 208 g/mol. The van der Waals surface area contributed by atoms with Gasteiger partial charge in [0.2, 0.25) is 0 Å². The van der Waals surface area contributed by atoms with Crippen molar-refractivity contribution in [2.75, 3.05) is 0 Å². The van der Waals surface area contributed by atoms with E-state index in [1.165, 1.54) is 6.42 Å². The van der Waals surface area contributed by atoms with Crippen LogP contribution in [0.2, 0.25) is 0 Å². The van der Waals surface area contributed by atoms with Gasteiger partial charge in [0.1, 0.15) is 5.78 Å². The van der Waals surface area contributed by atoms with E-state index >= 15 is 0 Å². The smallest absolute Gasteiger partial charge is 0.136 e. The molecule has 0 saturated heterocycles. The molecule has 0 bridgehead atoms. The lowest BCUT2D eigenvalue weighted by Crippen LogP contribution is -2.39. The van der Waals surface area contributed by atoms with Crippen LogP contribution in [0.4, 0.5) is 0 Å². The molecule has 0 heterocycles. The summed E-state index contributed by atoms with van der Waals surface area (Å²) in [6, 6.07) is 0. The summed E-state index contributed by atoms with van der Waals surface area (Å²) in [6.45, 7) is 13.7. The van der Waals surface area contributed by atoms with E-state index in [4.69, 9.17) is 0 Å². The number of carbonyl (C=O) groups excluding carboxylic acids is 1. The van der Waals surface area contributed by atoms with Crippen LogP contribution in [0, 0.1) is 22.7 Å². The topological polar surface area (TPSA) is 17.1 Å². The van der Waals surface area contributed by atoms with Crippen LogP contribution in [0.25, 0.3) is 0 Å². The predicted octanol–water partition coefficient (Wildman–Crippen LogP) is 4.84. The third-order valence-electron chi connectivity index (χ3n) is 5.52. The second-order valence-electron chi connectivity index (χ2n) is 7.17. The number of Topliss-reactive ketones (excluding diaryl/α,β-unsaturated/α-hetero) is 1. The first-order valence-electron chi connectivity index (χ1n) is 7.27. The Bertz CT molecular complexity index is 275. The predicted molar refractivity (Wildman–Crippen MR) is 74.0 cm³/mol. The maximum atomic E-state index is 12.2. The lowest BCUT2D eigenvalue weighted by atomic mass is 9.60. The van der Waals surface area contributed by atoms with Crippen molar-refractivity contribution in [2.45, 2.75) is 73.6 Å². The summed E-state index contributed by atoms with van der Waals surface area (Å²) in [7, 11) is 0. The molecule has 1 aliphatic carbocycles. The van der Waals surface area contributed by atoms with Crippen molar-refractivity contribution < 1.29 is 4.79 Å². The van der Waals surface area contributed by atoms with Gasteiger partial charge in [-0.1, -0.05) is 54.4 Å². The Kier molecular flexibility index (Phi) is 4.43. The molecular formula is C16H30O. The van der Waals surface area contributed by atoms with Gasteiger partial charge in [-0.25, -0.2) is 0 Å². The molecule has 0 N–H and O–H groups in total. The summed E-state index contributed by atoms with van der Waals surface area (Å²) in [5, 5.41) is 0. The van der Waals surface area contributed by atoms with Crippen molar-refractivity contribution in [2.24, 2.45) is 22.7 Å². The molecule has 1 fully saturated rings. The van der Waals surface area contributed by atoms with E-state index in [0.717, 1.165) is 31.6 Å². The van der Waals surface area contributed by atoms with Crippen LogP contribution < -0.4 is 0 Å². The molecule has 0 aromatic carbocycles. The van der Waals surface area contributed by atoms with Gasteiger partial charge in [-0.2, -0.15) is 0 Å². The second-order valence-corrected chi connectivity index (χ2v) is 7.17. The molecule has 17 heavy (non-hydrogen) atoms. The summed E-state index contributed by atoms with van der Waals surface area (Å²) >= 11 is 0. The first-order chi connectivity index (χ1) is 7.74. The molecule has 1 aliphatic rings. The van der Waals surface area contributed by atoms with Crippen LogP contribution >= 0.6 is 0 Å². The fourth-order valence-corrected chi connectivity index (χ4v) is 3.02. The minimum atomic E-state index is 0.180. The number of ketones is 1. The van der Waals surface area contributed by atoms with Gasteiger partial charge in [0.05, 0.1) is 0 Å². The van der Waals surface area contributed by atoms with E-state index in [0.29, 0.717) is 11.2 Å². The molecule has 0 amide bonds. The van der Waals surface area contributed by atoms with Crippen molar-refractivity contribution in [3.63, 3.8) is 0 Å². The molecule has 1 saturated carbocycles. The number of hydrogen-bond donors (Lipinski definition) is 0. The van der Waals surface area contributed by atoms with E-state index in [-0.39, 0.29) is 11.3 Å². The molecule has 0 unspecified atom stereocenters. The molecule has 1 rings (SSSR count). The van der Waals surface area contributed by atoms with Crippen LogP contribution in [0.5, 0.6) is 0 Å². The Labute approximate surface area is 107 Å². The Morgan fingerprint density at radius 3 is 2.06 bits per heavy atom. The zero-order valence-corrected chi connectivity index (χ0v) is 12.6. The van der Waals surface area contributed by atoms with Crippen molar-refractivity contribution in [1.82, 2.24) is 0 Å². The average Bonchev–Trinajstić information content (AvgIpc) is 2.29. The van der Waals surface area contributed by atoms with E-state index in [9.17, 15) is 4.79 Å². The van der Waals surface area contributed by atoms with Crippen molar-refractivity contribution in [1.29, 1.82) is 0 Å². The Hall–Kier alpha value is -0.330. The van der Waals surface area contributed by atoms with Gasteiger partial charge in [-0.15, -0.1) is 0 Å². The first-order valence-corrected chi connectivity index (χ1v) is 7.27. The van der Waals surface area contributed by atoms with E-state index < -0.39 is 0 Å². The maximum absolute atomic E-state index is 12.2. The Morgan fingerprint density at radius 1 is 1.06 bits per heavy atom. The highest BCUT2D eigenvalue weighted by Gasteiger charge is 2.42. The van der Waals surface area contributed by atoms with Crippen LogP contribution in [0.15, 0.2) is 0 Å². The molecule has 0 aromatic rings. The van der Waals surface area contributed by atoms with Gasteiger partial charge in [-0.05, 0) is 29.6 Å². The molecule has 100 valence electrons. The van der Waals surface area contributed by atoms with Gasteiger partial charge in [-0.3, -0.25) is 4.79 Å². The van der Waals surface area contributed by atoms with Gasteiger partial charge < -0.3 is 0 Å². The first kappa shape index (κ1) is 14.7. The van der Waals surface area contributed by atoms with Crippen molar-refractivity contribution in [3.05, 3.63) is 0 Å². The number of hydrogen-bond acceptors (Lipinski definition) is 1. The van der Waals surface area contributed by atoms with Crippen LogP contribution in [0.3, 0.4) is 0 Å². The summed E-state index contributed by atoms with van der Waals surface area (Å²) in [5.74, 6) is 1.53. The van der Waals surface area contributed by atoms with Gasteiger partial charge in [0, 0.05) is 12.3 Å². The summed E-state index contributed by atoms with van der Waals surface area (Å²) in [6.07, 6.45) is 5.34. The minimum Gasteiger partial charge on any atom is -0.299 e. The number of carbonyl (C=O) groups is 1. The zero-order chi connectivity index (χ0) is 13.3. The summed E-state index contributed by atoms with van der Waals surface area (Å²) in [5.41, 5.74) is 0.572. The highest BCUT2D eigenvalue weighted by molar-refractivity contribution is 5.82. The fraction of sp³-hybridized carbons (Fsp3) is 0.938. The standard InChI is InChI=1S/C16H30O/c1-7-15(3,4)12-9-10-14(17)13(11-12)16(5,6)8-2/h12-13H,7-11H2,1-6H3/t12-,13-/m0/s1. The Morgan fingerprint density at radius 2 is 1.59 bits per heavy atom. The monoisotopic (exact) mass is 238 g/mol. The second kappa shape index (κ2) is 5.12. The SMILES string of the molecule is CCC(C)(C)[C@H]1CCC(=O)[C@@H](C(C)(C)CC)C1. The third kappa shape index (κ3) is 3.11. The van der Waals surface area contributed by atoms with Crippen molar-refractivity contribution in [3.8, 4) is 0 Å². The zero-order valence-electron chi connectivity index (χ0n) is 12.6. The lowest BCUT2D eigenvalue weighted by Gasteiger charge is -2.43. The summed E-state index contributed by atoms with van der Waals surface area (Å²) in [4.78, 5) is 12.2. The maximum Gasteiger partial charge on any atom is 0.136 e. The highest BCUT2D eigenvalue weighted by Crippen LogP contribution is 2.47. The van der Waals surface area contributed by atoms with E-state index in [2.05, 4.69) is 41.5 Å². The fourth-order valence-electron chi connectivity index (χ4n) is 3.02. The average molecular weight is 238 g/mol. The van der Waals surface area contributed by atoms with Crippen LogP contribution in [-0.2, 0) is 4.79 Å². The van der Waals surface area contributed by atoms with Gasteiger partial charge >= 0.3 is 0 Å².